The molecule has 0 aliphatic rings. The van der Waals surface area contributed by atoms with E-state index < -0.39 is 0 Å². The van der Waals surface area contributed by atoms with Gasteiger partial charge in [-0.2, -0.15) is 0 Å². The van der Waals surface area contributed by atoms with Gasteiger partial charge in [0.25, 0.3) is 0 Å². The first kappa shape index (κ1) is 23.9. The summed E-state index contributed by atoms with van der Waals surface area (Å²) in [5.41, 5.74) is 9.48. The fourth-order valence-corrected chi connectivity index (χ4v) is 6.31. The smallest absolute Gasteiger partial charge is 0.00203 e. The maximum Gasteiger partial charge on any atom is -0.00203 e. The second kappa shape index (κ2) is 9.84. The van der Waals surface area contributed by atoms with E-state index in [0.29, 0.717) is 0 Å². The minimum atomic E-state index is 1.11. The van der Waals surface area contributed by atoms with Gasteiger partial charge >= 0.3 is 0 Å². The van der Waals surface area contributed by atoms with Crippen LogP contribution in [0.25, 0.3) is 77.9 Å². The SMILES string of the molecule is C=Cc1c(C=C)c(-c2ccc(-c3ccccc3)c3ccccc23)c2ccccc2c1-c1cccc2ccccc12. The third kappa shape index (κ3) is 3.69. The molecule has 0 atom stereocenters. The zero-order valence-corrected chi connectivity index (χ0v) is 22.3. The molecule has 0 aromatic heterocycles. The van der Waals surface area contributed by atoms with Gasteiger partial charge in [0.2, 0.25) is 0 Å². The molecule has 0 aliphatic carbocycles. The molecule has 0 amide bonds. The van der Waals surface area contributed by atoms with E-state index in [-0.39, 0.29) is 0 Å². The highest BCUT2D eigenvalue weighted by Crippen LogP contribution is 2.47. The van der Waals surface area contributed by atoms with E-state index in [2.05, 4.69) is 147 Å². The summed E-state index contributed by atoms with van der Waals surface area (Å²) in [5.74, 6) is 0. The number of rotatable bonds is 5. The van der Waals surface area contributed by atoms with Gasteiger partial charge in [0.1, 0.15) is 0 Å². The van der Waals surface area contributed by atoms with Crippen LogP contribution in [0.5, 0.6) is 0 Å². The molecule has 0 aliphatic heterocycles. The lowest BCUT2D eigenvalue weighted by Crippen LogP contribution is -1.97. The summed E-state index contributed by atoms with van der Waals surface area (Å²) >= 11 is 0. The molecular weight excluding hydrogens is 480 g/mol. The minimum absolute atomic E-state index is 1.11. The second-order valence-electron chi connectivity index (χ2n) is 10.1. The normalized spacial score (nSPS) is 11.2. The topological polar surface area (TPSA) is 0 Å². The third-order valence-electron chi connectivity index (χ3n) is 8.04. The molecule has 0 unspecified atom stereocenters. The highest BCUT2D eigenvalue weighted by molar-refractivity contribution is 6.18. The zero-order valence-electron chi connectivity index (χ0n) is 22.3. The molecule has 0 saturated carbocycles. The van der Waals surface area contributed by atoms with Crippen LogP contribution >= 0.6 is 0 Å². The molecule has 7 rings (SSSR count). The highest BCUT2D eigenvalue weighted by atomic mass is 14.2. The first-order valence-corrected chi connectivity index (χ1v) is 13.7. The summed E-state index contributed by atoms with van der Waals surface area (Å²) in [6.45, 7) is 8.64. The average molecular weight is 509 g/mol. The van der Waals surface area contributed by atoms with Gasteiger partial charge in [-0.3, -0.25) is 0 Å². The Kier molecular flexibility index (Phi) is 5.87. The predicted molar refractivity (Wildman–Crippen MR) is 175 cm³/mol. The Balaban J connectivity index is 1.61. The maximum absolute atomic E-state index is 4.33. The van der Waals surface area contributed by atoms with Gasteiger partial charge in [0.15, 0.2) is 0 Å². The van der Waals surface area contributed by atoms with Gasteiger partial charge in [-0.1, -0.05) is 159 Å². The molecule has 0 saturated heterocycles. The van der Waals surface area contributed by atoms with E-state index in [1.54, 1.807) is 0 Å². The maximum atomic E-state index is 4.33. The molecule has 7 aromatic carbocycles. The standard InChI is InChI=1S/C40H28/c1-3-29-30(4-2)40(38-26-25-32(27-15-6-5-7-16-27)33-20-10-11-21-34(33)38)37-23-13-12-22-36(37)39(29)35-24-14-18-28-17-8-9-19-31(28)35/h3-26H,1-2H2. The lowest BCUT2D eigenvalue weighted by Gasteiger charge is -2.22. The molecule has 0 N–H and O–H groups in total. The Morgan fingerprint density at radius 1 is 0.350 bits per heavy atom. The van der Waals surface area contributed by atoms with Gasteiger partial charge < -0.3 is 0 Å². The Bertz CT molecular complexity index is 2070. The summed E-state index contributed by atoms with van der Waals surface area (Å²) in [6.07, 6.45) is 4.01. The lowest BCUT2D eigenvalue weighted by molar-refractivity contribution is 1.60. The largest absolute Gasteiger partial charge is 0.0984 e. The van der Waals surface area contributed by atoms with Crippen molar-refractivity contribution in [2.24, 2.45) is 0 Å². The quantitative estimate of drug-likeness (QED) is 0.217. The van der Waals surface area contributed by atoms with Crippen molar-refractivity contribution < 1.29 is 0 Å². The van der Waals surface area contributed by atoms with E-state index >= 15 is 0 Å². The van der Waals surface area contributed by atoms with Gasteiger partial charge in [0, 0.05) is 0 Å². The zero-order chi connectivity index (χ0) is 27.1. The van der Waals surface area contributed by atoms with Gasteiger partial charge in [-0.05, 0) is 76.8 Å². The first-order valence-electron chi connectivity index (χ1n) is 13.7. The Labute approximate surface area is 235 Å². The molecule has 0 heterocycles. The monoisotopic (exact) mass is 508 g/mol. The number of fused-ring (bicyclic) bond motifs is 3. The van der Waals surface area contributed by atoms with Crippen molar-refractivity contribution in [3.8, 4) is 33.4 Å². The van der Waals surface area contributed by atoms with Crippen molar-refractivity contribution in [2.45, 2.75) is 0 Å². The molecule has 7 aromatic rings. The second-order valence-corrected chi connectivity index (χ2v) is 10.1. The van der Waals surface area contributed by atoms with Gasteiger partial charge in [-0.25, -0.2) is 0 Å². The van der Waals surface area contributed by atoms with Crippen LogP contribution in [-0.4, -0.2) is 0 Å². The van der Waals surface area contributed by atoms with Crippen LogP contribution in [0.15, 0.2) is 147 Å². The Hall–Kier alpha value is -5.20. The first-order chi connectivity index (χ1) is 19.8. The van der Waals surface area contributed by atoms with Crippen LogP contribution in [-0.2, 0) is 0 Å². The molecule has 40 heavy (non-hydrogen) atoms. The van der Waals surface area contributed by atoms with Crippen LogP contribution in [0, 0.1) is 0 Å². The molecule has 0 heteroatoms. The molecular formula is C40H28. The molecule has 188 valence electrons. The van der Waals surface area contributed by atoms with Crippen molar-refractivity contribution in [2.75, 3.05) is 0 Å². The average Bonchev–Trinajstić information content (AvgIpc) is 3.03. The number of hydrogen-bond acceptors (Lipinski definition) is 0. The Morgan fingerprint density at radius 2 is 0.800 bits per heavy atom. The highest BCUT2D eigenvalue weighted by Gasteiger charge is 2.21. The van der Waals surface area contributed by atoms with Crippen molar-refractivity contribution in [3.05, 3.63) is 158 Å². The summed E-state index contributed by atoms with van der Waals surface area (Å²) in [7, 11) is 0. The molecule has 0 radical (unpaired) electrons. The van der Waals surface area contributed by atoms with Crippen molar-refractivity contribution in [1.82, 2.24) is 0 Å². The van der Waals surface area contributed by atoms with Crippen molar-refractivity contribution in [1.29, 1.82) is 0 Å². The number of benzene rings is 7. The fourth-order valence-electron chi connectivity index (χ4n) is 6.31. The van der Waals surface area contributed by atoms with E-state index in [0.717, 1.165) is 11.1 Å². The van der Waals surface area contributed by atoms with E-state index in [1.807, 2.05) is 12.2 Å². The Morgan fingerprint density at radius 3 is 1.43 bits per heavy atom. The van der Waals surface area contributed by atoms with Crippen LogP contribution in [0.2, 0.25) is 0 Å². The van der Waals surface area contributed by atoms with Crippen LogP contribution < -0.4 is 0 Å². The fraction of sp³-hybridized carbons (Fsp3) is 0. The molecule has 0 spiro atoms. The number of hydrogen-bond donors (Lipinski definition) is 0. The van der Waals surface area contributed by atoms with Crippen molar-refractivity contribution >= 4 is 44.5 Å². The van der Waals surface area contributed by atoms with E-state index in [1.165, 1.54) is 65.7 Å². The molecule has 0 nitrogen and oxygen atoms in total. The summed E-state index contributed by atoms with van der Waals surface area (Å²) < 4.78 is 0. The molecule has 0 bridgehead atoms. The van der Waals surface area contributed by atoms with E-state index in [4.69, 9.17) is 0 Å². The summed E-state index contributed by atoms with van der Waals surface area (Å²) in [6, 6.07) is 47.8. The van der Waals surface area contributed by atoms with Gasteiger partial charge in [0.05, 0.1) is 0 Å². The minimum Gasteiger partial charge on any atom is -0.0984 e. The molecule has 0 fully saturated rings. The van der Waals surface area contributed by atoms with Crippen LogP contribution in [0.4, 0.5) is 0 Å². The summed E-state index contributed by atoms with van der Waals surface area (Å²) in [5, 5.41) is 7.35. The third-order valence-corrected chi connectivity index (χ3v) is 8.04. The van der Waals surface area contributed by atoms with E-state index in [9.17, 15) is 0 Å². The lowest BCUT2D eigenvalue weighted by atomic mass is 9.81. The van der Waals surface area contributed by atoms with Crippen LogP contribution in [0.3, 0.4) is 0 Å². The summed E-state index contributed by atoms with van der Waals surface area (Å²) in [4.78, 5) is 0. The van der Waals surface area contributed by atoms with Crippen LogP contribution in [0.1, 0.15) is 11.1 Å². The van der Waals surface area contributed by atoms with Gasteiger partial charge in [-0.15, -0.1) is 0 Å². The predicted octanol–water partition coefficient (Wildman–Crippen LogP) is 11.4. The van der Waals surface area contributed by atoms with Crippen molar-refractivity contribution in [3.63, 3.8) is 0 Å².